The van der Waals surface area contributed by atoms with E-state index in [9.17, 15) is 26.7 Å². The van der Waals surface area contributed by atoms with Gasteiger partial charge in [0.25, 0.3) is 0 Å². The number of aliphatic hydroxyl groups is 1. The van der Waals surface area contributed by atoms with E-state index < -0.39 is 32.3 Å². The zero-order valence-corrected chi connectivity index (χ0v) is 11.1. The van der Waals surface area contributed by atoms with Gasteiger partial charge in [0.05, 0.1) is 16.1 Å². The molecule has 1 aromatic carbocycles. The number of benzene rings is 1. The van der Waals surface area contributed by atoms with Crippen LogP contribution in [0.5, 0.6) is 0 Å². The van der Waals surface area contributed by atoms with Gasteiger partial charge >= 0.3 is 6.18 Å². The first-order valence-electron chi connectivity index (χ1n) is 5.26. The molecule has 0 saturated heterocycles. The summed E-state index contributed by atoms with van der Waals surface area (Å²) >= 11 is 0. The van der Waals surface area contributed by atoms with E-state index in [0.717, 1.165) is 6.07 Å². The number of primary sulfonamides is 1. The third-order valence-corrected chi connectivity index (χ3v) is 3.33. The highest BCUT2D eigenvalue weighted by atomic mass is 32.2. The number of hydrogen-bond acceptors (Lipinski definition) is 3. The van der Waals surface area contributed by atoms with Gasteiger partial charge in [-0.05, 0) is 37.6 Å². The van der Waals surface area contributed by atoms with Gasteiger partial charge in [0.15, 0.2) is 0 Å². The molecule has 0 unspecified atom stereocenters. The van der Waals surface area contributed by atoms with Crippen molar-refractivity contribution in [1.29, 1.82) is 0 Å². The lowest BCUT2D eigenvalue weighted by Crippen LogP contribution is -2.25. The molecule has 0 aliphatic rings. The Hall–Kier alpha value is -1.12. The molecule has 0 radical (unpaired) electrons. The molecule has 0 bridgehead atoms. The summed E-state index contributed by atoms with van der Waals surface area (Å²) in [5.74, 6) is 0. The summed E-state index contributed by atoms with van der Waals surface area (Å²) in [6.07, 6.45) is -4.85. The van der Waals surface area contributed by atoms with Crippen molar-refractivity contribution in [2.24, 2.45) is 5.14 Å². The van der Waals surface area contributed by atoms with E-state index in [1.54, 1.807) is 0 Å². The Balaban J connectivity index is 3.44. The van der Waals surface area contributed by atoms with E-state index in [-0.39, 0.29) is 12.0 Å². The number of hydrogen-bond donors (Lipinski definition) is 2. The minimum absolute atomic E-state index is 0.162. The summed E-state index contributed by atoms with van der Waals surface area (Å²) in [5.41, 5.74) is -2.51. The lowest BCUT2D eigenvalue weighted by atomic mass is 9.97. The van der Waals surface area contributed by atoms with Gasteiger partial charge in [-0.15, -0.1) is 0 Å². The second kappa shape index (κ2) is 4.77. The second-order valence-electron chi connectivity index (χ2n) is 4.85. The van der Waals surface area contributed by atoms with Crippen LogP contribution in [0.15, 0.2) is 23.1 Å². The molecule has 0 heterocycles. The molecule has 0 aromatic heterocycles. The molecule has 1 aromatic rings. The maximum absolute atomic E-state index is 12.6. The first-order chi connectivity index (χ1) is 8.31. The average molecular weight is 297 g/mol. The Morgan fingerprint density at radius 1 is 1.26 bits per heavy atom. The highest BCUT2D eigenvalue weighted by Gasteiger charge is 2.32. The summed E-state index contributed by atoms with van der Waals surface area (Å²) in [7, 11) is -4.15. The van der Waals surface area contributed by atoms with Crippen LogP contribution in [0.2, 0.25) is 0 Å². The zero-order chi connectivity index (χ0) is 15.1. The smallest absolute Gasteiger partial charge is 0.390 e. The third kappa shape index (κ3) is 4.48. The van der Waals surface area contributed by atoms with Gasteiger partial charge in [0.1, 0.15) is 0 Å². The predicted octanol–water partition coefficient (Wildman–Crippen LogP) is 1.67. The Morgan fingerprint density at radius 2 is 1.79 bits per heavy atom. The molecule has 1 rings (SSSR count). The van der Waals surface area contributed by atoms with Crippen molar-refractivity contribution in [3.63, 3.8) is 0 Å². The lowest BCUT2D eigenvalue weighted by Gasteiger charge is -2.20. The normalized spacial score (nSPS) is 13.6. The van der Waals surface area contributed by atoms with Gasteiger partial charge in [-0.25, -0.2) is 13.6 Å². The second-order valence-corrected chi connectivity index (χ2v) is 6.38. The molecule has 19 heavy (non-hydrogen) atoms. The van der Waals surface area contributed by atoms with Crippen LogP contribution < -0.4 is 5.14 Å². The molecule has 3 N–H and O–H groups in total. The highest BCUT2D eigenvalue weighted by molar-refractivity contribution is 7.89. The van der Waals surface area contributed by atoms with E-state index >= 15 is 0 Å². The summed E-state index contributed by atoms with van der Waals surface area (Å²) in [5, 5.41) is 14.6. The van der Waals surface area contributed by atoms with Crippen molar-refractivity contribution in [2.45, 2.75) is 36.9 Å². The summed E-state index contributed by atoms with van der Waals surface area (Å²) in [6.45, 7) is 2.72. The number of alkyl halides is 3. The molecule has 0 saturated carbocycles. The van der Waals surface area contributed by atoms with Crippen LogP contribution in [0.25, 0.3) is 0 Å². The fourth-order valence-electron chi connectivity index (χ4n) is 1.64. The molecular formula is C11H14F3NO3S. The quantitative estimate of drug-likeness (QED) is 0.890. The van der Waals surface area contributed by atoms with Crippen LogP contribution in [0.1, 0.15) is 25.0 Å². The average Bonchev–Trinajstić information content (AvgIpc) is 2.11. The van der Waals surface area contributed by atoms with Gasteiger partial charge in [-0.3, -0.25) is 0 Å². The third-order valence-electron chi connectivity index (χ3n) is 2.32. The van der Waals surface area contributed by atoms with Crippen molar-refractivity contribution in [3.8, 4) is 0 Å². The zero-order valence-electron chi connectivity index (χ0n) is 10.3. The molecule has 0 atom stereocenters. The molecule has 108 valence electrons. The van der Waals surface area contributed by atoms with Gasteiger partial charge in [-0.1, -0.05) is 0 Å². The highest BCUT2D eigenvalue weighted by Crippen LogP contribution is 2.32. The van der Waals surface area contributed by atoms with Crippen molar-refractivity contribution in [1.82, 2.24) is 0 Å². The molecular weight excluding hydrogens is 283 g/mol. The molecule has 0 fully saturated rings. The van der Waals surface area contributed by atoms with E-state index in [0.29, 0.717) is 12.1 Å². The fraction of sp³-hybridized carbons (Fsp3) is 0.455. The van der Waals surface area contributed by atoms with Crippen LogP contribution in [0, 0.1) is 0 Å². The van der Waals surface area contributed by atoms with Crippen molar-refractivity contribution >= 4 is 10.0 Å². The number of nitrogens with two attached hydrogens (primary N) is 1. The molecule has 8 heteroatoms. The molecule has 0 aliphatic carbocycles. The monoisotopic (exact) mass is 297 g/mol. The Labute approximate surface area is 109 Å². The number of sulfonamides is 1. The van der Waals surface area contributed by atoms with Crippen molar-refractivity contribution in [3.05, 3.63) is 29.3 Å². The SMILES string of the molecule is CC(C)(O)Cc1cc(C(F)(F)F)ccc1S(N)(=O)=O. The fourth-order valence-corrected chi connectivity index (χ4v) is 2.39. The van der Waals surface area contributed by atoms with Crippen molar-refractivity contribution < 1.29 is 26.7 Å². The maximum atomic E-state index is 12.6. The summed E-state index contributed by atoms with van der Waals surface area (Å²) in [4.78, 5) is -0.414. The Bertz CT molecular complexity index is 574. The molecule has 0 aliphatic heterocycles. The van der Waals surface area contributed by atoms with Crippen LogP contribution in [-0.4, -0.2) is 19.1 Å². The minimum Gasteiger partial charge on any atom is -0.390 e. The summed E-state index contributed by atoms with van der Waals surface area (Å²) < 4.78 is 60.4. The van der Waals surface area contributed by atoms with E-state index in [1.165, 1.54) is 13.8 Å². The summed E-state index contributed by atoms with van der Waals surface area (Å²) in [6, 6.07) is 2.14. The topological polar surface area (TPSA) is 80.4 Å². The van der Waals surface area contributed by atoms with E-state index in [1.807, 2.05) is 0 Å². The molecule has 0 spiro atoms. The standard InChI is InChI=1S/C11H14F3NO3S/c1-10(2,16)6-7-5-8(11(12,13)14)3-4-9(7)19(15,17)18/h3-5,16H,6H2,1-2H3,(H2,15,17,18). The van der Waals surface area contributed by atoms with E-state index in [2.05, 4.69) is 0 Å². The largest absolute Gasteiger partial charge is 0.416 e. The number of halogens is 3. The predicted molar refractivity (Wildman–Crippen MR) is 62.8 cm³/mol. The Morgan fingerprint density at radius 3 is 2.16 bits per heavy atom. The van der Waals surface area contributed by atoms with Crippen LogP contribution in [-0.2, 0) is 22.6 Å². The van der Waals surface area contributed by atoms with E-state index in [4.69, 9.17) is 5.14 Å². The first kappa shape index (κ1) is 15.9. The molecule has 4 nitrogen and oxygen atoms in total. The first-order valence-corrected chi connectivity index (χ1v) is 6.81. The Kier molecular flexibility index (Phi) is 4.00. The van der Waals surface area contributed by atoms with Crippen LogP contribution in [0.3, 0.4) is 0 Å². The van der Waals surface area contributed by atoms with Crippen LogP contribution >= 0.6 is 0 Å². The maximum Gasteiger partial charge on any atom is 0.416 e. The van der Waals surface area contributed by atoms with Gasteiger partial charge in [0.2, 0.25) is 10.0 Å². The molecule has 0 amide bonds. The number of rotatable bonds is 3. The van der Waals surface area contributed by atoms with Crippen molar-refractivity contribution in [2.75, 3.05) is 0 Å². The van der Waals surface area contributed by atoms with Gasteiger partial charge in [-0.2, -0.15) is 13.2 Å². The van der Waals surface area contributed by atoms with Gasteiger partial charge < -0.3 is 5.11 Å². The minimum atomic E-state index is -4.59. The van der Waals surface area contributed by atoms with Crippen LogP contribution in [0.4, 0.5) is 13.2 Å². The van der Waals surface area contributed by atoms with Gasteiger partial charge in [0, 0.05) is 6.42 Å². The lowest BCUT2D eigenvalue weighted by molar-refractivity contribution is -0.137.